The van der Waals surface area contributed by atoms with Crippen molar-refractivity contribution in [1.29, 1.82) is 0 Å². The van der Waals surface area contributed by atoms with E-state index in [9.17, 15) is 0 Å². The van der Waals surface area contributed by atoms with Gasteiger partial charge >= 0.3 is 49.6 Å². The first-order chi connectivity index (χ1) is 1.00. The third kappa shape index (κ3) is 28.8. The van der Waals surface area contributed by atoms with Crippen molar-refractivity contribution in [2.45, 2.75) is 0 Å². The molecule has 6 heteroatoms. The molecule has 0 amide bonds. The van der Waals surface area contributed by atoms with E-state index in [4.69, 9.17) is 3.80 Å². The van der Waals surface area contributed by atoms with Crippen molar-refractivity contribution in [3.63, 3.8) is 0 Å². The molecular formula is H2AlCoMnNaNiO. The van der Waals surface area contributed by atoms with Gasteiger partial charge in [0.15, 0.2) is 0 Å². The molecule has 2 radical (unpaired) electrons. The Morgan fingerprint density at radius 2 is 1.17 bits per heavy atom. The Morgan fingerprint density at radius 3 is 1.17 bits per heavy atom. The van der Waals surface area contributed by atoms with Gasteiger partial charge in [0.2, 0.25) is 0 Å². The molecule has 0 aromatic heterocycles. The number of rotatable bonds is 0. The summed E-state index contributed by atoms with van der Waals surface area (Å²) >= 11 is 0.611. The molecule has 0 heterocycles. The van der Waals surface area contributed by atoms with E-state index < -0.39 is 0 Å². The summed E-state index contributed by atoms with van der Waals surface area (Å²) in [5.74, 6) is 0. The first-order valence-electron chi connectivity index (χ1n) is 0.289. The van der Waals surface area contributed by atoms with Gasteiger partial charge in [-0.3, -0.25) is 0 Å². The van der Waals surface area contributed by atoms with Gasteiger partial charge in [-0.25, -0.2) is 0 Å². The van der Waals surface area contributed by atoms with E-state index in [0.717, 1.165) is 0 Å². The average Bonchev–Trinajstić information content (AvgIpc) is 1.00. The molecule has 0 bridgehead atoms. The third-order valence-corrected chi connectivity index (χ3v) is 0. The van der Waals surface area contributed by atoms with E-state index in [1.54, 1.807) is 0 Å². The maximum absolute atomic E-state index is 8.28. The molecule has 0 aliphatic heterocycles. The van der Waals surface area contributed by atoms with Crippen LogP contribution in [0, 0.1) is 0 Å². The van der Waals surface area contributed by atoms with Crippen LogP contribution in [0.4, 0.5) is 0 Å². The van der Waals surface area contributed by atoms with Gasteiger partial charge in [0.05, 0.1) is 0 Å². The first kappa shape index (κ1) is 36.8. The minimum atomic E-state index is 0. The molecule has 0 rings (SSSR count). The van der Waals surface area contributed by atoms with Crippen molar-refractivity contribution in [3.8, 4) is 0 Å². The van der Waals surface area contributed by atoms with Crippen molar-refractivity contribution >= 4 is 45.8 Å². The molecule has 0 fully saturated rings. The fourth-order valence-electron chi connectivity index (χ4n) is 0. The Bertz CT molecular complexity index is 15.5. The summed E-state index contributed by atoms with van der Waals surface area (Å²) in [4.78, 5) is 0. The van der Waals surface area contributed by atoms with E-state index >= 15 is 0 Å². The monoisotopic (exact) mass is 240 g/mol. The van der Waals surface area contributed by atoms with Crippen LogP contribution in [0.1, 0.15) is 0 Å². The fraction of sp³-hybridized carbons (Fsp3) is 0. The minimum absolute atomic E-state index is 0. The Morgan fingerprint density at radius 1 is 1.17 bits per heavy atom. The van der Waals surface area contributed by atoms with Crippen molar-refractivity contribution in [2.24, 2.45) is 0 Å². The van der Waals surface area contributed by atoms with Crippen LogP contribution in [0.5, 0.6) is 0 Å². The average molecular weight is 241 g/mol. The molecule has 0 aromatic carbocycles. The Kier molecular flexibility index (Phi) is 278. The fourth-order valence-corrected chi connectivity index (χ4v) is 0. The van der Waals surface area contributed by atoms with Gasteiger partial charge in [-0.15, -0.1) is 0 Å². The van der Waals surface area contributed by atoms with Gasteiger partial charge < -0.3 is 0 Å². The molecule has 0 atom stereocenters. The van der Waals surface area contributed by atoms with Crippen molar-refractivity contribution in [1.82, 2.24) is 0 Å². The van der Waals surface area contributed by atoms with Crippen molar-refractivity contribution in [2.75, 3.05) is 0 Å². The van der Waals surface area contributed by atoms with Crippen LogP contribution in [0.3, 0.4) is 0 Å². The predicted molar refractivity (Wildman–Crippen MR) is 15.0 cm³/mol. The second-order valence-electron chi connectivity index (χ2n) is 0. The van der Waals surface area contributed by atoms with Crippen LogP contribution < -0.4 is 0 Å². The molecule has 0 unspecified atom stereocenters. The van der Waals surface area contributed by atoms with Crippen LogP contribution in [0.25, 0.3) is 0 Å². The number of hydrogen-bond acceptors (Lipinski definition) is 1. The normalized spacial score (nSPS) is 0.500. The second kappa shape index (κ2) is 45.3. The van der Waals surface area contributed by atoms with E-state index in [1.165, 1.54) is 0 Å². The van der Waals surface area contributed by atoms with Gasteiger partial charge in [0.25, 0.3) is 0 Å². The SMILES string of the molecule is [Co].[Mn].[NaH].[Ni].[O]=[AlH]. The summed E-state index contributed by atoms with van der Waals surface area (Å²) < 4.78 is 8.28. The van der Waals surface area contributed by atoms with Crippen molar-refractivity contribution in [3.05, 3.63) is 0 Å². The van der Waals surface area contributed by atoms with Gasteiger partial charge in [0, 0.05) is 50.3 Å². The third-order valence-electron chi connectivity index (χ3n) is 0. The summed E-state index contributed by atoms with van der Waals surface area (Å²) in [6.07, 6.45) is 0. The zero-order valence-corrected chi connectivity index (χ0v) is 6.77. The van der Waals surface area contributed by atoms with Crippen molar-refractivity contribution < 1.29 is 54.1 Å². The zero-order valence-electron chi connectivity index (χ0n) is 2.14. The summed E-state index contributed by atoms with van der Waals surface area (Å²) in [6.45, 7) is 0. The molecule has 6 heavy (non-hydrogen) atoms. The predicted octanol–water partition coefficient (Wildman–Crippen LogP) is -1.42. The molecule has 0 saturated heterocycles. The van der Waals surface area contributed by atoms with E-state index in [2.05, 4.69) is 0 Å². The molecule has 0 aromatic rings. The van der Waals surface area contributed by atoms with E-state index in [-0.39, 0.29) is 79.9 Å². The molecule has 0 saturated carbocycles. The van der Waals surface area contributed by atoms with Crippen LogP contribution in [0.15, 0.2) is 0 Å². The Balaban J connectivity index is -0.000000000833. The molecular weight excluding hydrogens is 239 g/mol. The summed E-state index contributed by atoms with van der Waals surface area (Å²) in [6, 6.07) is 0. The molecule has 38 valence electrons. The van der Waals surface area contributed by atoms with Gasteiger partial charge in [-0.05, 0) is 0 Å². The molecule has 0 aliphatic carbocycles. The Labute approximate surface area is 98.3 Å². The van der Waals surface area contributed by atoms with Crippen LogP contribution in [-0.2, 0) is 54.1 Å². The van der Waals surface area contributed by atoms with E-state index in [1.807, 2.05) is 0 Å². The van der Waals surface area contributed by atoms with Crippen LogP contribution in [-0.4, -0.2) is 45.8 Å². The van der Waals surface area contributed by atoms with Gasteiger partial charge in [-0.2, -0.15) is 0 Å². The molecule has 1 nitrogen and oxygen atoms in total. The quantitative estimate of drug-likeness (QED) is 0.475. The van der Waals surface area contributed by atoms with E-state index in [0.29, 0.717) is 16.2 Å². The molecule has 0 spiro atoms. The number of hydrogen-bond donors (Lipinski definition) is 0. The van der Waals surface area contributed by atoms with Gasteiger partial charge in [-0.1, -0.05) is 0 Å². The molecule has 0 N–H and O–H groups in total. The zero-order chi connectivity index (χ0) is 2.00. The summed E-state index contributed by atoms with van der Waals surface area (Å²) in [5, 5.41) is 0. The second-order valence-corrected chi connectivity index (χ2v) is 0. The molecule has 0 aliphatic rings. The first-order valence-corrected chi connectivity index (χ1v) is 0.866. The topological polar surface area (TPSA) is 17.1 Å². The summed E-state index contributed by atoms with van der Waals surface area (Å²) in [7, 11) is 0. The van der Waals surface area contributed by atoms with Gasteiger partial charge in [0.1, 0.15) is 0 Å². The van der Waals surface area contributed by atoms with Crippen LogP contribution in [0.2, 0.25) is 0 Å². The maximum atomic E-state index is 8.28. The standard InChI is InChI=1S/Al.Co.Mn.Na.Ni.O.2H. The van der Waals surface area contributed by atoms with Crippen LogP contribution >= 0.6 is 0 Å². The Hall–Kier alpha value is 2.85. The summed E-state index contributed by atoms with van der Waals surface area (Å²) in [5.41, 5.74) is 0.